The molecule has 0 unspecified atom stereocenters. The molecule has 0 aliphatic heterocycles. The fourth-order valence-corrected chi connectivity index (χ4v) is 2.39. The van der Waals surface area contributed by atoms with Gasteiger partial charge in [0.25, 0.3) is 0 Å². The molecule has 0 radical (unpaired) electrons. The van der Waals surface area contributed by atoms with Gasteiger partial charge in [-0.3, -0.25) is 14.5 Å². The highest BCUT2D eigenvalue weighted by Crippen LogP contribution is 2.32. The predicted octanol–water partition coefficient (Wildman–Crippen LogP) is 1.06. The van der Waals surface area contributed by atoms with E-state index in [9.17, 15) is 4.79 Å². The number of aromatic nitrogens is 2. The lowest BCUT2D eigenvalue weighted by molar-refractivity contribution is -0.143. The van der Waals surface area contributed by atoms with Crippen molar-refractivity contribution in [1.82, 2.24) is 9.78 Å². The summed E-state index contributed by atoms with van der Waals surface area (Å²) in [6, 6.07) is 0.269. The van der Waals surface area contributed by atoms with Crippen LogP contribution in [0.2, 0.25) is 0 Å². The SMILES string of the molecule is CN=C(N)Nc1cnn(C2CCC(C(=O)O)CC2)c1. The molecule has 104 valence electrons. The molecule has 1 aliphatic carbocycles. The summed E-state index contributed by atoms with van der Waals surface area (Å²) in [6.45, 7) is 0. The fraction of sp³-hybridized carbons (Fsp3) is 0.583. The van der Waals surface area contributed by atoms with Crippen molar-refractivity contribution < 1.29 is 9.90 Å². The van der Waals surface area contributed by atoms with Crippen molar-refractivity contribution in [1.29, 1.82) is 0 Å². The number of hydrogen-bond donors (Lipinski definition) is 3. The van der Waals surface area contributed by atoms with Crippen LogP contribution in [-0.4, -0.2) is 33.9 Å². The molecule has 0 saturated heterocycles. The Kier molecular flexibility index (Phi) is 4.03. The van der Waals surface area contributed by atoms with Crippen LogP contribution in [-0.2, 0) is 4.79 Å². The number of carboxylic acids is 1. The van der Waals surface area contributed by atoms with Gasteiger partial charge < -0.3 is 16.2 Å². The van der Waals surface area contributed by atoms with Crippen LogP contribution in [0, 0.1) is 5.92 Å². The number of hydrogen-bond acceptors (Lipinski definition) is 3. The van der Waals surface area contributed by atoms with E-state index in [2.05, 4.69) is 15.4 Å². The minimum absolute atomic E-state index is 0.202. The lowest BCUT2D eigenvalue weighted by atomic mass is 9.86. The summed E-state index contributed by atoms with van der Waals surface area (Å²) in [5, 5.41) is 16.2. The van der Waals surface area contributed by atoms with Gasteiger partial charge in [-0.05, 0) is 25.7 Å². The van der Waals surface area contributed by atoms with Crippen LogP contribution < -0.4 is 11.1 Å². The van der Waals surface area contributed by atoms with Gasteiger partial charge in [-0.15, -0.1) is 0 Å². The van der Waals surface area contributed by atoms with E-state index in [4.69, 9.17) is 10.8 Å². The quantitative estimate of drug-likeness (QED) is 0.559. The standard InChI is InChI=1S/C12H19N5O2/c1-14-12(13)16-9-6-15-17(7-9)10-4-2-8(3-5-10)11(18)19/h6-8,10H,2-5H2,1H3,(H,18,19)(H3,13,14,16). The van der Waals surface area contributed by atoms with Gasteiger partial charge in [0.05, 0.1) is 23.8 Å². The second-order valence-electron chi connectivity index (χ2n) is 4.79. The smallest absolute Gasteiger partial charge is 0.306 e. The van der Waals surface area contributed by atoms with E-state index in [1.54, 1.807) is 13.2 Å². The van der Waals surface area contributed by atoms with E-state index in [-0.39, 0.29) is 12.0 Å². The minimum atomic E-state index is -0.687. The molecule has 1 fully saturated rings. The lowest BCUT2D eigenvalue weighted by Crippen LogP contribution is -2.23. The van der Waals surface area contributed by atoms with Gasteiger partial charge >= 0.3 is 5.97 Å². The van der Waals surface area contributed by atoms with E-state index in [0.717, 1.165) is 18.5 Å². The highest BCUT2D eigenvalue weighted by molar-refractivity contribution is 5.91. The van der Waals surface area contributed by atoms with Gasteiger partial charge in [-0.1, -0.05) is 0 Å². The molecule has 19 heavy (non-hydrogen) atoms. The molecule has 1 heterocycles. The second kappa shape index (κ2) is 5.73. The Bertz CT molecular complexity index is 474. The summed E-state index contributed by atoms with van der Waals surface area (Å²) in [6.07, 6.45) is 6.68. The maximum Gasteiger partial charge on any atom is 0.306 e. The first-order valence-corrected chi connectivity index (χ1v) is 6.36. The molecule has 0 aromatic carbocycles. The van der Waals surface area contributed by atoms with E-state index < -0.39 is 5.97 Å². The minimum Gasteiger partial charge on any atom is -0.481 e. The number of carbonyl (C=O) groups is 1. The number of nitrogens with one attached hydrogen (secondary N) is 1. The molecule has 1 aromatic rings. The molecular formula is C12H19N5O2. The average Bonchev–Trinajstić information content (AvgIpc) is 2.87. The van der Waals surface area contributed by atoms with Gasteiger partial charge in [0.15, 0.2) is 5.96 Å². The highest BCUT2D eigenvalue weighted by atomic mass is 16.4. The van der Waals surface area contributed by atoms with Gasteiger partial charge in [0.2, 0.25) is 0 Å². The Morgan fingerprint density at radius 3 is 2.79 bits per heavy atom. The normalized spacial score (nSPS) is 24.2. The summed E-state index contributed by atoms with van der Waals surface area (Å²) in [5.74, 6) is -0.547. The monoisotopic (exact) mass is 265 g/mol. The highest BCUT2D eigenvalue weighted by Gasteiger charge is 2.27. The average molecular weight is 265 g/mol. The predicted molar refractivity (Wildman–Crippen MR) is 72.0 cm³/mol. The topological polar surface area (TPSA) is 106 Å². The third-order valence-corrected chi connectivity index (χ3v) is 3.53. The molecule has 0 atom stereocenters. The lowest BCUT2D eigenvalue weighted by Gasteiger charge is -2.26. The zero-order valence-corrected chi connectivity index (χ0v) is 10.9. The van der Waals surface area contributed by atoms with Crippen LogP contribution in [0.3, 0.4) is 0 Å². The van der Waals surface area contributed by atoms with E-state index in [1.807, 2.05) is 10.9 Å². The Hall–Kier alpha value is -2.05. The van der Waals surface area contributed by atoms with E-state index in [1.165, 1.54) is 0 Å². The number of aliphatic imine (C=N–C) groups is 1. The number of anilines is 1. The van der Waals surface area contributed by atoms with Crippen LogP contribution in [0.1, 0.15) is 31.7 Å². The summed E-state index contributed by atoms with van der Waals surface area (Å²) >= 11 is 0. The largest absolute Gasteiger partial charge is 0.481 e. The van der Waals surface area contributed by atoms with Gasteiger partial charge in [-0.2, -0.15) is 5.10 Å². The maximum atomic E-state index is 10.9. The summed E-state index contributed by atoms with van der Waals surface area (Å²) < 4.78 is 1.88. The van der Waals surface area contributed by atoms with Crippen LogP contribution in [0.15, 0.2) is 17.4 Å². The zero-order chi connectivity index (χ0) is 13.8. The number of carboxylic acid groups (broad SMARTS) is 1. The van der Waals surface area contributed by atoms with Crippen LogP contribution in [0.4, 0.5) is 5.69 Å². The third kappa shape index (κ3) is 3.24. The summed E-state index contributed by atoms with van der Waals surface area (Å²) in [4.78, 5) is 14.7. The van der Waals surface area contributed by atoms with Crippen molar-refractivity contribution in [3.05, 3.63) is 12.4 Å². The summed E-state index contributed by atoms with van der Waals surface area (Å²) in [5.41, 5.74) is 6.38. The number of aliphatic carboxylic acids is 1. The molecule has 7 heteroatoms. The molecule has 0 amide bonds. The van der Waals surface area contributed by atoms with Crippen molar-refractivity contribution in [3.63, 3.8) is 0 Å². The Morgan fingerprint density at radius 1 is 1.53 bits per heavy atom. The Balaban J connectivity index is 1.95. The van der Waals surface area contributed by atoms with E-state index >= 15 is 0 Å². The van der Waals surface area contributed by atoms with Crippen molar-refractivity contribution >= 4 is 17.6 Å². The zero-order valence-electron chi connectivity index (χ0n) is 10.9. The molecule has 1 aromatic heterocycles. The van der Waals surface area contributed by atoms with Crippen LogP contribution >= 0.6 is 0 Å². The molecule has 4 N–H and O–H groups in total. The van der Waals surface area contributed by atoms with Gasteiger partial charge in [0.1, 0.15) is 0 Å². The maximum absolute atomic E-state index is 10.9. The number of nitrogens with two attached hydrogens (primary N) is 1. The molecule has 2 rings (SSSR count). The second-order valence-corrected chi connectivity index (χ2v) is 4.79. The van der Waals surface area contributed by atoms with Crippen LogP contribution in [0.25, 0.3) is 0 Å². The number of rotatable bonds is 3. The Morgan fingerprint density at radius 2 is 2.21 bits per heavy atom. The van der Waals surface area contributed by atoms with Gasteiger partial charge in [0, 0.05) is 13.2 Å². The van der Waals surface area contributed by atoms with Crippen molar-refractivity contribution in [3.8, 4) is 0 Å². The first-order valence-electron chi connectivity index (χ1n) is 6.36. The Labute approximate surface area is 111 Å². The molecule has 7 nitrogen and oxygen atoms in total. The molecule has 0 spiro atoms. The molecule has 1 saturated carbocycles. The first kappa shape index (κ1) is 13.4. The number of nitrogens with zero attached hydrogens (tertiary/aromatic N) is 3. The van der Waals surface area contributed by atoms with Crippen LogP contribution in [0.5, 0.6) is 0 Å². The fourth-order valence-electron chi connectivity index (χ4n) is 2.39. The molecule has 1 aliphatic rings. The first-order chi connectivity index (χ1) is 9.10. The third-order valence-electron chi connectivity index (χ3n) is 3.53. The van der Waals surface area contributed by atoms with Crippen molar-refractivity contribution in [2.24, 2.45) is 16.6 Å². The van der Waals surface area contributed by atoms with Gasteiger partial charge in [-0.25, -0.2) is 0 Å². The van der Waals surface area contributed by atoms with Crippen molar-refractivity contribution in [2.45, 2.75) is 31.7 Å². The number of guanidine groups is 1. The summed E-state index contributed by atoms with van der Waals surface area (Å²) in [7, 11) is 1.61. The molecular weight excluding hydrogens is 246 g/mol. The molecule has 0 bridgehead atoms. The van der Waals surface area contributed by atoms with E-state index in [0.29, 0.717) is 18.8 Å². The van der Waals surface area contributed by atoms with Crippen molar-refractivity contribution in [2.75, 3.05) is 12.4 Å².